The zero-order valence-corrected chi connectivity index (χ0v) is 9.12. The highest BCUT2D eigenvalue weighted by Gasteiger charge is 2.27. The number of nitrogens with two attached hydrogens (primary N) is 1. The molecule has 0 fully saturated rings. The number of carbonyl (C=O) groups excluding carboxylic acids is 1. The molecular weight excluding hydrogens is 222 g/mol. The highest BCUT2D eigenvalue weighted by molar-refractivity contribution is 6.10. The summed E-state index contributed by atoms with van der Waals surface area (Å²) in [5.74, 6) is 0.398. The Balaban J connectivity index is 2.14. The summed E-state index contributed by atoms with van der Waals surface area (Å²) in [6.07, 6.45) is 0. The third kappa shape index (κ3) is 2.39. The molecular formula is C10H11N5O2. The monoisotopic (exact) mass is 233 g/mol. The highest BCUT2D eigenvalue weighted by atomic mass is 16.5. The number of amidine groups is 1. The van der Waals surface area contributed by atoms with Crippen molar-refractivity contribution in [3.8, 4) is 5.75 Å². The summed E-state index contributed by atoms with van der Waals surface area (Å²) < 4.78 is 5.04. The molecule has 1 heterocycles. The average Bonchev–Trinajstić information content (AvgIpc) is 2.67. The van der Waals surface area contributed by atoms with E-state index in [-0.39, 0.29) is 11.7 Å². The van der Waals surface area contributed by atoms with Gasteiger partial charge in [-0.2, -0.15) is 15.3 Å². The minimum atomic E-state index is -0.846. The van der Waals surface area contributed by atoms with E-state index >= 15 is 0 Å². The number of hydrogen-bond acceptors (Lipinski definition) is 6. The second-order valence-electron chi connectivity index (χ2n) is 3.33. The topological polar surface area (TPSA) is 101 Å². The maximum atomic E-state index is 11.2. The van der Waals surface area contributed by atoms with Crippen LogP contribution < -0.4 is 15.9 Å². The van der Waals surface area contributed by atoms with Crippen molar-refractivity contribution in [2.24, 2.45) is 21.1 Å². The standard InChI is InChI=1S/C10H11N5O2/c1-17-7-4-2-3-6(5-7)12-13-8-9(11)14-15-10(8)16/h2-5,8H,1H3,(H2,11,14)(H,15,16)/t8-/m0/s1. The van der Waals surface area contributed by atoms with Gasteiger partial charge in [0.1, 0.15) is 5.75 Å². The molecule has 0 spiro atoms. The third-order valence-corrected chi connectivity index (χ3v) is 2.17. The van der Waals surface area contributed by atoms with E-state index in [1.54, 1.807) is 31.4 Å². The Morgan fingerprint density at radius 2 is 2.35 bits per heavy atom. The Bertz CT molecular complexity index is 497. The normalized spacial score (nSPS) is 19.2. The summed E-state index contributed by atoms with van der Waals surface area (Å²) in [5.41, 5.74) is 8.28. The number of carbonyl (C=O) groups is 1. The molecule has 1 atom stereocenters. The van der Waals surface area contributed by atoms with Gasteiger partial charge in [-0.05, 0) is 12.1 Å². The van der Waals surface area contributed by atoms with Gasteiger partial charge in [0.25, 0.3) is 5.91 Å². The number of nitrogens with one attached hydrogen (secondary N) is 1. The Morgan fingerprint density at radius 3 is 3.00 bits per heavy atom. The molecule has 0 saturated heterocycles. The van der Waals surface area contributed by atoms with Crippen LogP contribution in [-0.4, -0.2) is 24.9 Å². The predicted molar refractivity (Wildman–Crippen MR) is 61.1 cm³/mol. The minimum Gasteiger partial charge on any atom is -0.497 e. The molecule has 0 bridgehead atoms. The van der Waals surface area contributed by atoms with Crippen molar-refractivity contribution in [1.29, 1.82) is 0 Å². The lowest BCUT2D eigenvalue weighted by molar-refractivity contribution is -0.120. The molecule has 1 aliphatic rings. The number of benzene rings is 1. The van der Waals surface area contributed by atoms with Crippen LogP contribution in [0.4, 0.5) is 5.69 Å². The van der Waals surface area contributed by atoms with Crippen molar-refractivity contribution in [1.82, 2.24) is 5.43 Å². The molecule has 0 saturated carbocycles. The van der Waals surface area contributed by atoms with Gasteiger partial charge in [-0.3, -0.25) is 4.79 Å². The second-order valence-corrected chi connectivity index (χ2v) is 3.33. The van der Waals surface area contributed by atoms with Gasteiger partial charge >= 0.3 is 0 Å². The Hall–Kier alpha value is -2.44. The van der Waals surface area contributed by atoms with Gasteiger partial charge in [-0.1, -0.05) is 6.07 Å². The number of methoxy groups -OCH3 is 1. The number of amides is 1. The van der Waals surface area contributed by atoms with Crippen molar-refractivity contribution in [2.45, 2.75) is 6.04 Å². The molecule has 1 aromatic rings. The first-order valence-corrected chi connectivity index (χ1v) is 4.88. The SMILES string of the molecule is COc1cccc(N=N[C@@H]2C(=O)NN=C2N)c1. The molecule has 0 aromatic heterocycles. The number of ether oxygens (including phenoxy) is 1. The van der Waals surface area contributed by atoms with Crippen LogP contribution in [0.15, 0.2) is 39.6 Å². The molecule has 0 aliphatic carbocycles. The lowest BCUT2D eigenvalue weighted by Crippen LogP contribution is -2.31. The van der Waals surface area contributed by atoms with E-state index in [4.69, 9.17) is 10.5 Å². The van der Waals surface area contributed by atoms with Crippen LogP contribution in [0.1, 0.15) is 0 Å². The summed E-state index contributed by atoms with van der Waals surface area (Å²) in [6, 6.07) is 6.16. The van der Waals surface area contributed by atoms with Crippen molar-refractivity contribution < 1.29 is 9.53 Å². The molecule has 17 heavy (non-hydrogen) atoms. The predicted octanol–water partition coefficient (Wildman–Crippen LogP) is 0.549. The van der Waals surface area contributed by atoms with Crippen LogP contribution >= 0.6 is 0 Å². The molecule has 88 valence electrons. The van der Waals surface area contributed by atoms with Crippen LogP contribution in [0.3, 0.4) is 0 Å². The minimum absolute atomic E-state index is 0.113. The third-order valence-electron chi connectivity index (χ3n) is 2.17. The fourth-order valence-electron chi connectivity index (χ4n) is 1.28. The van der Waals surface area contributed by atoms with Crippen LogP contribution in [0.25, 0.3) is 0 Å². The maximum Gasteiger partial charge on any atom is 0.274 e. The van der Waals surface area contributed by atoms with Gasteiger partial charge in [0.15, 0.2) is 5.84 Å². The molecule has 1 aromatic carbocycles. The average molecular weight is 233 g/mol. The van der Waals surface area contributed by atoms with E-state index in [2.05, 4.69) is 20.8 Å². The van der Waals surface area contributed by atoms with E-state index in [1.807, 2.05) is 0 Å². The molecule has 2 rings (SSSR count). The number of nitrogens with zero attached hydrogens (tertiary/aromatic N) is 3. The molecule has 3 N–H and O–H groups in total. The smallest absolute Gasteiger partial charge is 0.274 e. The van der Waals surface area contributed by atoms with Crippen molar-refractivity contribution >= 4 is 17.4 Å². The van der Waals surface area contributed by atoms with E-state index in [0.29, 0.717) is 11.4 Å². The number of rotatable bonds is 3. The summed E-state index contributed by atoms with van der Waals surface area (Å²) >= 11 is 0. The van der Waals surface area contributed by atoms with Gasteiger partial charge in [0, 0.05) is 6.07 Å². The summed E-state index contributed by atoms with van der Waals surface area (Å²) in [4.78, 5) is 11.2. The van der Waals surface area contributed by atoms with E-state index in [1.165, 1.54) is 0 Å². The molecule has 1 amide bonds. The van der Waals surface area contributed by atoms with Crippen molar-refractivity contribution in [3.63, 3.8) is 0 Å². The number of azo groups is 1. The van der Waals surface area contributed by atoms with Crippen molar-refractivity contribution in [2.75, 3.05) is 7.11 Å². The zero-order chi connectivity index (χ0) is 12.3. The van der Waals surface area contributed by atoms with Crippen LogP contribution in [-0.2, 0) is 4.79 Å². The Kier molecular flexibility index (Phi) is 2.99. The van der Waals surface area contributed by atoms with Crippen molar-refractivity contribution in [3.05, 3.63) is 24.3 Å². The van der Waals surface area contributed by atoms with Crippen LogP contribution in [0.5, 0.6) is 5.75 Å². The molecule has 0 unspecified atom stereocenters. The molecule has 1 aliphatic heterocycles. The molecule has 7 nitrogen and oxygen atoms in total. The van der Waals surface area contributed by atoms with Gasteiger partial charge in [-0.15, -0.1) is 0 Å². The quantitative estimate of drug-likeness (QED) is 0.745. The largest absolute Gasteiger partial charge is 0.497 e. The fourth-order valence-corrected chi connectivity index (χ4v) is 1.28. The second kappa shape index (κ2) is 4.60. The van der Waals surface area contributed by atoms with Gasteiger partial charge in [0.2, 0.25) is 6.04 Å². The molecule has 7 heteroatoms. The lowest BCUT2D eigenvalue weighted by atomic mass is 10.3. The van der Waals surface area contributed by atoms with E-state index < -0.39 is 6.04 Å². The lowest BCUT2D eigenvalue weighted by Gasteiger charge is -2.00. The summed E-state index contributed by atoms with van der Waals surface area (Å²) in [5, 5.41) is 11.3. The zero-order valence-electron chi connectivity index (χ0n) is 9.12. The fraction of sp³-hybridized carbons (Fsp3) is 0.200. The summed E-state index contributed by atoms with van der Waals surface area (Å²) in [7, 11) is 1.56. The van der Waals surface area contributed by atoms with Crippen LogP contribution in [0, 0.1) is 0 Å². The van der Waals surface area contributed by atoms with Gasteiger partial charge in [-0.25, -0.2) is 5.43 Å². The van der Waals surface area contributed by atoms with Gasteiger partial charge < -0.3 is 10.5 Å². The van der Waals surface area contributed by atoms with Gasteiger partial charge in [0.05, 0.1) is 12.8 Å². The molecule has 0 radical (unpaired) electrons. The first-order chi connectivity index (χ1) is 8.20. The Labute approximate surface area is 97.4 Å². The van der Waals surface area contributed by atoms with E-state index in [9.17, 15) is 4.79 Å². The van der Waals surface area contributed by atoms with Crippen LogP contribution in [0.2, 0.25) is 0 Å². The first-order valence-electron chi connectivity index (χ1n) is 4.88. The number of hydrazone groups is 1. The first kappa shape index (κ1) is 11.1. The highest BCUT2D eigenvalue weighted by Crippen LogP contribution is 2.20. The number of hydrogen-bond donors (Lipinski definition) is 2. The Morgan fingerprint density at radius 1 is 1.53 bits per heavy atom. The van der Waals surface area contributed by atoms with E-state index in [0.717, 1.165) is 0 Å². The maximum absolute atomic E-state index is 11.2. The summed E-state index contributed by atoms with van der Waals surface area (Å²) in [6.45, 7) is 0.